The zero-order valence-corrected chi connectivity index (χ0v) is 21.2. The standard InChI is InChI=1S/C25H29BrN8/c1-17(2)34-23-22(30-25(34)29-20-6-4-18(26)5-7-20)16-27-24(31-23)28-19-8-10-21(11-9-19)33-14-12-32(3)13-15-33/h4-11,16-17H,12-15H2,1-3H3,(H,29,30)(H,27,28,31). The van der Waals surface area contributed by atoms with Gasteiger partial charge in [-0.2, -0.15) is 4.98 Å². The van der Waals surface area contributed by atoms with Gasteiger partial charge in [0.2, 0.25) is 11.9 Å². The Kier molecular flexibility index (Phi) is 6.38. The lowest BCUT2D eigenvalue weighted by Crippen LogP contribution is -2.44. The molecule has 8 nitrogen and oxygen atoms in total. The fourth-order valence-electron chi connectivity index (χ4n) is 4.14. The Morgan fingerprint density at radius 1 is 0.853 bits per heavy atom. The van der Waals surface area contributed by atoms with Crippen LogP contribution in [0.15, 0.2) is 59.2 Å². The van der Waals surface area contributed by atoms with Gasteiger partial charge in [-0.05, 0) is 69.4 Å². The summed E-state index contributed by atoms with van der Waals surface area (Å²) in [6.45, 7) is 8.55. The van der Waals surface area contributed by atoms with Gasteiger partial charge >= 0.3 is 0 Å². The number of hydrogen-bond donors (Lipinski definition) is 2. The van der Waals surface area contributed by atoms with Crippen molar-refractivity contribution >= 4 is 56.1 Å². The third-order valence-corrected chi connectivity index (χ3v) is 6.57. The van der Waals surface area contributed by atoms with E-state index in [0.29, 0.717) is 5.95 Å². The Morgan fingerprint density at radius 2 is 1.50 bits per heavy atom. The molecule has 9 heteroatoms. The Labute approximate surface area is 208 Å². The number of likely N-dealkylation sites (N-methyl/N-ethyl adjacent to an activating group) is 1. The number of benzene rings is 2. The van der Waals surface area contributed by atoms with E-state index in [1.54, 1.807) is 6.20 Å². The number of nitrogens with zero attached hydrogens (tertiary/aromatic N) is 6. The van der Waals surface area contributed by atoms with Gasteiger partial charge < -0.3 is 20.4 Å². The molecule has 1 aliphatic rings. The lowest BCUT2D eigenvalue weighted by molar-refractivity contribution is 0.313. The minimum absolute atomic E-state index is 0.175. The first kappa shape index (κ1) is 22.6. The number of halogens is 1. The highest BCUT2D eigenvalue weighted by Gasteiger charge is 2.17. The molecular formula is C25H29BrN8. The van der Waals surface area contributed by atoms with Crippen molar-refractivity contribution in [3.8, 4) is 0 Å². The molecule has 2 aromatic heterocycles. The van der Waals surface area contributed by atoms with Crippen molar-refractivity contribution < 1.29 is 0 Å². The van der Waals surface area contributed by atoms with Gasteiger partial charge in [0.05, 0.1) is 6.20 Å². The second kappa shape index (κ2) is 9.60. The van der Waals surface area contributed by atoms with E-state index in [-0.39, 0.29) is 6.04 Å². The Morgan fingerprint density at radius 3 is 2.18 bits per heavy atom. The molecule has 1 aliphatic heterocycles. The molecule has 1 saturated heterocycles. The molecular weight excluding hydrogens is 492 g/mol. The molecule has 0 saturated carbocycles. The summed E-state index contributed by atoms with van der Waals surface area (Å²) < 4.78 is 3.13. The second-order valence-electron chi connectivity index (χ2n) is 8.90. The van der Waals surface area contributed by atoms with Gasteiger partial charge in [0.15, 0.2) is 5.65 Å². The highest BCUT2D eigenvalue weighted by atomic mass is 79.9. The van der Waals surface area contributed by atoms with Gasteiger partial charge in [0.1, 0.15) is 5.52 Å². The zero-order valence-electron chi connectivity index (χ0n) is 19.7. The largest absolute Gasteiger partial charge is 0.369 e. The maximum Gasteiger partial charge on any atom is 0.229 e. The number of nitrogens with one attached hydrogen (secondary N) is 2. The molecule has 2 aromatic carbocycles. The summed E-state index contributed by atoms with van der Waals surface area (Å²) in [5.41, 5.74) is 4.72. The number of hydrogen-bond acceptors (Lipinski definition) is 7. The molecule has 0 aliphatic carbocycles. The predicted molar refractivity (Wildman–Crippen MR) is 143 cm³/mol. The highest BCUT2D eigenvalue weighted by Crippen LogP contribution is 2.27. The van der Waals surface area contributed by atoms with E-state index in [0.717, 1.165) is 59.1 Å². The molecule has 1 fully saturated rings. The van der Waals surface area contributed by atoms with E-state index in [9.17, 15) is 0 Å². The van der Waals surface area contributed by atoms with Crippen LogP contribution in [-0.4, -0.2) is 57.6 Å². The number of piperazine rings is 1. The van der Waals surface area contributed by atoms with Gasteiger partial charge in [0.25, 0.3) is 0 Å². The van der Waals surface area contributed by atoms with Crippen molar-refractivity contribution in [1.29, 1.82) is 0 Å². The molecule has 4 aromatic rings. The first-order chi connectivity index (χ1) is 16.5. The van der Waals surface area contributed by atoms with E-state index in [1.807, 2.05) is 24.3 Å². The SMILES string of the molecule is CC(C)n1c(Nc2ccc(Br)cc2)nc2cnc(Nc3ccc(N4CCN(C)CC4)cc3)nc21. The summed E-state index contributed by atoms with van der Waals surface area (Å²) in [5.74, 6) is 1.30. The van der Waals surface area contributed by atoms with E-state index in [4.69, 9.17) is 9.97 Å². The molecule has 5 rings (SSSR count). The third kappa shape index (κ3) is 4.85. The number of rotatable bonds is 6. The van der Waals surface area contributed by atoms with E-state index >= 15 is 0 Å². The first-order valence-corrected chi connectivity index (χ1v) is 12.3. The molecule has 176 valence electrons. The van der Waals surface area contributed by atoms with Crippen molar-refractivity contribution in [3.05, 3.63) is 59.2 Å². The summed E-state index contributed by atoms with van der Waals surface area (Å²) in [4.78, 5) is 18.8. The van der Waals surface area contributed by atoms with E-state index < -0.39 is 0 Å². The van der Waals surface area contributed by atoms with Crippen LogP contribution in [0.25, 0.3) is 11.2 Å². The van der Waals surface area contributed by atoms with E-state index in [2.05, 4.69) is 91.1 Å². The van der Waals surface area contributed by atoms with Gasteiger partial charge in [-0.15, -0.1) is 0 Å². The number of aromatic nitrogens is 4. The topological polar surface area (TPSA) is 74.1 Å². The van der Waals surface area contributed by atoms with Crippen LogP contribution >= 0.6 is 15.9 Å². The zero-order chi connectivity index (χ0) is 23.7. The lowest BCUT2D eigenvalue weighted by Gasteiger charge is -2.34. The molecule has 34 heavy (non-hydrogen) atoms. The molecule has 0 unspecified atom stereocenters. The summed E-state index contributed by atoms with van der Waals surface area (Å²) in [7, 11) is 2.17. The summed E-state index contributed by atoms with van der Waals surface area (Å²) >= 11 is 3.48. The molecule has 0 amide bonds. The van der Waals surface area contributed by atoms with Crippen molar-refractivity contribution in [2.45, 2.75) is 19.9 Å². The Bertz CT molecular complexity index is 1260. The molecule has 3 heterocycles. The quantitative estimate of drug-likeness (QED) is 0.352. The van der Waals surface area contributed by atoms with Crippen LogP contribution in [-0.2, 0) is 0 Å². The monoisotopic (exact) mass is 520 g/mol. The molecule has 2 N–H and O–H groups in total. The van der Waals surface area contributed by atoms with Gasteiger partial charge in [-0.1, -0.05) is 15.9 Å². The van der Waals surface area contributed by atoms with Crippen LogP contribution in [0.1, 0.15) is 19.9 Å². The van der Waals surface area contributed by atoms with Crippen LogP contribution < -0.4 is 15.5 Å². The maximum atomic E-state index is 4.80. The smallest absolute Gasteiger partial charge is 0.229 e. The first-order valence-electron chi connectivity index (χ1n) is 11.5. The second-order valence-corrected chi connectivity index (χ2v) is 9.81. The summed E-state index contributed by atoms with van der Waals surface area (Å²) in [5, 5.41) is 6.76. The Hall–Kier alpha value is -3.17. The predicted octanol–water partition coefficient (Wildman–Crippen LogP) is 5.41. The van der Waals surface area contributed by atoms with Gasteiger partial charge in [-0.3, -0.25) is 4.57 Å². The van der Waals surface area contributed by atoms with Crippen molar-refractivity contribution in [2.75, 3.05) is 48.8 Å². The molecule has 0 radical (unpaired) electrons. The Balaban J connectivity index is 1.37. The van der Waals surface area contributed by atoms with Crippen molar-refractivity contribution in [2.24, 2.45) is 0 Å². The van der Waals surface area contributed by atoms with Crippen LogP contribution in [0, 0.1) is 0 Å². The number of fused-ring (bicyclic) bond motifs is 1. The lowest BCUT2D eigenvalue weighted by atomic mass is 10.2. The van der Waals surface area contributed by atoms with Crippen LogP contribution in [0.4, 0.5) is 29.0 Å². The fourth-order valence-corrected chi connectivity index (χ4v) is 4.40. The summed E-state index contributed by atoms with van der Waals surface area (Å²) in [6, 6.07) is 16.7. The van der Waals surface area contributed by atoms with E-state index in [1.165, 1.54) is 5.69 Å². The normalized spacial score (nSPS) is 14.7. The van der Waals surface area contributed by atoms with Crippen LogP contribution in [0.3, 0.4) is 0 Å². The van der Waals surface area contributed by atoms with Crippen LogP contribution in [0.5, 0.6) is 0 Å². The third-order valence-electron chi connectivity index (χ3n) is 6.04. The molecule has 0 bridgehead atoms. The van der Waals surface area contributed by atoms with Crippen LogP contribution in [0.2, 0.25) is 0 Å². The number of anilines is 5. The van der Waals surface area contributed by atoms with Gasteiger partial charge in [-0.25, -0.2) is 9.97 Å². The average molecular weight is 521 g/mol. The highest BCUT2D eigenvalue weighted by molar-refractivity contribution is 9.10. The van der Waals surface area contributed by atoms with Crippen molar-refractivity contribution in [1.82, 2.24) is 24.4 Å². The summed E-state index contributed by atoms with van der Waals surface area (Å²) in [6.07, 6.45) is 1.77. The number of imidazole rings is 1. The molecule has 0 atom stereocenters. The van der Waals surface area contributed by atoms with Gasteiger partial charge in [0, 0.05) is 53.8 Å². The fraction of sp³-hybridized carbons (Fsp3) is 0.320. The average Bonchev–Trinajstić information content (AvgIpc) is 3.19. The maximum absolute atomic E-state index is 4.80. The minimum atomic E-state index is 0.175. The minimum Gasteiger partial charge on any atom is -0.369 e. The molecule has 0 spiro atoms. The van der Waals surface area contributed by atoms with Crippen molar-refractivity contribution in [3.63, 3.8) is 0 Å².